The van der Waals surface area contributed by atoms with E-state index in [9.17, 15) is 5.11 Å². The summed E-state index contributed by atoms with van der Waals surface area (Å²) in [4.78, 5) is 0. The van der Waals surface area contributed by atoms with E-state index in [4.69, 9.17) is 0 Å². The number of allylic oxidation sites excluding steroid dienone is 2. The molecule has 2 nitrogen and oxygen atoms in total. The Morgan fingerprint density at radius 2 is 2.30 bits per heavy atom. The van der Waals surface area contributed by atoms with E-state index in [1.54, 1.807) is 13.8 Å². The number of aliphatic hydroxyl groups is 1. The van der Waals surface area contributed by atoms with Crippen molar-refractivity contribution in [3.63, 3.8) is 0 Å². The van der Waals surface area contributed by atoms with Crippen LogP contribution in [0.1, 0.15) is 13.8 Å². The highest BCUT2D eigenvalue weighted by Crippen LogP contribution is 2.13. The van der Waals surface area contributed by atoms with E-state index < -0.39 is 5.60 Å². The van der Waals surface area contributed by atoms with Crippen LogP contribution in [0.2, 0.25) is 0 Å². The first-order valence-corrected chi connectivity index (χ1v) is 3.44. The van der Waals surface area contributed by atoms with Gasteiger partial charge >= 0.3 is 0 Å². The van der Waals surface area contributed by atoms with Crippen LogP contribution in [0.25, 0.3) is 0 Å². The van der Waals surface area contributed by atoms with E-state index in [0.29, 0.717) is 0 Å². The molecule has 1 heterocycles. The molecule has 0 radical (unpaired) electrons. The third kappa shape index (κ3) is 1.61. The summed E-state index contributed by atoms with van der Waals surface area (Å²) in [5.41, 5.74) is 0.153. The molecule has 1 aliphatic rings. The lowest BCUT2D eigenvalue weighted by molar-refractivity contribution is 0.112. The maximum absolute atomic E-state index is 9.48. The van der Waals surface area contributed by atoms with Crippen molar-refractivity contribution in [2.75, 3.05) is 6.54 Å². The van der Waals surface area contributed by atoms with Crippen molar-refractivity contribution in [2.24, 2.45) is 0 Å². The summed E-state index contributed by atoms with van der Waals surface area (Å²) in [5, 5.41) is 12.6. The molecule has 0 amide bonds. The van der Waals surface area contributed by atoms with Crippen LogP contribution in [0, 0.1) is 0 Å². The predicted molar refractivity (Wildman–Crippen MR) is 41.5 cm³/mol. The molecule has 10 heavy (non-hydrogen) atoms. The Hall–Kier alpha value is -0.760. The molecule has 0 aliphatic carbocycles. The fourth-order valence-corrected chi connectivity index (χ4v) is 0.880. The molecular weight excluding hydrogens is 126 g/mol. The SMILES string of the molecule is CC(C)(O)C1=CC=CCN1. The lowest BCUT2D eigenvalue weighted by Gasteiger charge is -2.23. The van der Waals surface area contributed by atoms with Crippen LogP contribution in [-0.2, 0) is 0 Å². The lowest BCUT2D eigenvalue weighted by atomic mass is 10.0. The highest BCUT2D eigenvalue weighted by Gasteiger charge is 2.18. The van der Waals surface area contributed by atoms with Gasteiger partial charge < -0.3 is 10.4 Å². The molecule has 0 atom stereocenters. The number of rotatable bonds is 1. The minimum Gasteiger partial charge on any atom is -0.384 e. The summed E-state index contributed by atoms with van der Waals surface area (Å²) in [6, 6.07) is 0. The highest BCUT2D eigenvalue weighted by molar-refractivity contribution is 5.22. The molecule has 0 aromatic heterocycles. The van der Waals surface area contributed by atoms with Crippen LogP contribution >= 0.6 is 0 Å². The normalized spacial score (nSPS) is 18.1. The molecule has 0 saturated heterocycles. The Morgan fingerprint density at radius 1 is 1.60 bits per heavy atom. The van der Waals surface area contributed by atoms with Gasteiger partial charge in [-0.25, -0.2) is 0 Å². The average molecular weight is 139 g/mol. The molecule has 0 bridgehead atoms. The summed E-state index contributed by atoms with van der Waals surface area (Å²) in [5.74, 6) is 0. The maximum atomic E-state index is 9.48. The Labute approximate surface area is 61.3 Å². The molecule has 0 aromatic rings. The number of dihydropyridines is 1. The van der Waals surface area contributed by atoms with E-state index in [-0.39, 0.29) is 0 Å². The smallest absolute Gasteiger partial charge is 0.0984 e. The molecule has 2 N–H and O–H groups in total. The van der Waals surface area contributed by atoms with Crippen LogP contribution in [0.5, 0.6) is 0 Å². The van der Waals surface area contributed by atoms with Crippen LogP contribution in [0.4, 0.5) is 0 Å². The summed E-state index contributed by atoms with van der Waals surface area (Å²) < 4.78 is 0. The molecule has 0 aromatic carbocycles. The zero-order valence-electron chi connectivity index (χ0n) is 6.39. The molecule has 0 saturated carbocycles. The largest absolute Gasteiger partial charge is 0.384 e. The van der Waals surface area contributed by atoms with Crippen molar-refractivity contribution >= 4 is 0 Å². The molecule has 1 rings (SSSR count). The number of hydrogen-bond donors (Lipinski definition) is 2. The zero-order valence-corrected chi connectivity index (χ0v) is 6.39. The second kappa shape index (κ2) is 2.46. The Bertz CT molecular complexity index is 174. The van der Waals surface area contributed by atoms with Crippen LogP contribution < -0.4 is 5.32 Å². The molecule has 2 heteroatoms. The van der Waals surface area contributed by atoms with Crippen molar-refractivity contribution < 1.29 is 5.11 Å². The van der Waals surface area contributed by atoms with Gasteiger partial charge in [0.15, 0.2) is 0 Å². The number of nitrogens with one attached hydrogen (secondary N) is 1. The van der Waals surface area contributed by atoms with E-state index in [0.717, 1.165) is 12.2 Å². The summed E-state index contributed by atoms with van der Waals surface area (Å²) >= 11 is 0. The fraction of sp³-hybridized carbons (Fsp3) is 0.500. The van der Waals surface area contributed by atoms with Crippen molar-refractivity contribution in [1.29, 1.82) is 0 Å². The minimum absolute atomic E-state index is 0.731. The average Bonchev–Trinajstić information content (AvgIpc) is 1.88. The first-order valence-electron chi connectivity index (χ1n) is 3.44. The highest BCUT2D eigenvalue weighted by atomic mass is 16.3. The fourth-order valence-electron chi connectivity index (χ4n) is 0.880. The summed E-state index contributed by atoms with van der Waals surface area (Å²) in [6.45, 7) is 4.35. The van der Waals surface area contributed by atoms with Gasteiger partial charge in [0.05, 0.1) is 5.60 Å². The van der Waals surface area contributed by atoms with Gasteiger partial charge in [0, 0.05) is 12.2 Å². The summed E-state index contributed by atoms with van der Waals surface area (Å²) in [7, 11) is 0. The van der Waals surface area contributed by atoms with Crippen LogP contribution in [-0.4, -0.2) is 17.3 Å². The van der Waals surface area contributed by atoms with E-state index in [2.05, 4.69) is 5.32 Å². The third-order valence-electron chi connectivity index (χ3n) is 1.47. The van der Waals surface area contributed by atoms with Crippen LogP contribution in [0.3, 0.4) is 0 Å². The van der Waals surface area contributed by atoms with E-state index >= 15 is 0 Å². The number of hydrogen-bond acceptors (Lipinski definition) is 2. The van der Waals surface area contributed by atoms with E-state index in [1.165, 1.54) is 0 Å². The van der Waals surface area contributed by atoms with Gasteiger partial charge in [0.2, 0.25) is 0 Å². The van der Waals surface area contributed by atoms with Gasteiger partial charge in [-0.15, -0.1) is 0 Å². The van der Waals surface area contributed by atoms with Crippen molar-refractivity contribution in [1.82, 2.24) is 5.32 Å². The van der Waals surface area contributed by atoms with Crippen molar-refractivity contribution in [3.05, 3.63) is 23.9 Å². The molecular formula is C8H13NO. The second-order valence-electron chi connectivity index (χ2n) is 2.95. The zero-order chi connectivity index (χ0) is 7.61. The van der Waals surface area contributed by atoms with Gasteiger partial charge in [-0.3, -0.25) is 0 Å². The van der Waals surface area contributed by atoms with Gasteiger partial charge in [0.1, 0.15) is 0 Å². The minimum atomic E-state index is -0.731. The lowest BCUT2D eigenvalue weighted by Crippen LogP contribution is -2.33. The Morgan fingerprint density at radius 3 is 2.60 bits per heavy atom. The van der Waals surface area contributed by atoms with E-state index in [1.807, 2.05) is 18.2 Å². The Balaban J connectivity index is 2.72. The molecule has 0 spiro atoms. The topological polar surface area (TPSA) is 32.3 Å². The molecule has 56 valence electrons. The predicted octanol–water partition coefficient (Wildman–Crippen LogP) is 0.801. The first-order chi connectivity index (χ1) is 4.61. The quantitative estimate of drug-likeness (QED) is 0.563. The summed E-state index contributed by atoms with van der Waals surface area (Å²) in [6.07, 6.45) is 5.85. The second-order valence-corrected chi connectivity index (χ2v) is 2.95. The van der Waals surface area contributed by atoms with Gasteiger partial charge in [-0.1, -0.05) is 12.2 Å². The van der Waals surface area contributed by atoms with Gasteiger partial charge in [-0.05, 0) is 19.9 Å². The Kier molecular flexibility index (Phi) is 1.81. The van der Waals surface area contributed by atoms with Gasteiger partial charge in [0.25, 0.3) is 0 Å². The monoisotopic (exact) mass is 139 g/mol. The molecule has 0 unspecified atom stereocenters. The van der Waals surface area contributed by atoms with Gasteiger partial charge in [-0.2, -0.15) is 0 Å². The first kappa shape index (κ1) is 7.35. The third-order valence-corrected chi connectivity index (χ3v) is 1.47. The van der Waals surface area contributed by atoms with Crippen LogP contribution in [0.15, 0.2) is 23.9 Å². The molecule has 0 fully saturated rings. The molecule has 1 aliphatic heterocycles. The maximum Gasteiger partial charge on any atom is 0.0984 e. The van der Waals surface area contributed by atoms with Crippen molar-refractivity contribution in [3.8, 4) is 0 Å². The standard InChI is InChI=1S/C8H13NO/c1-8(2,10)7-5-3-4-6-9-7/h3-5,9-10H,6H2,1-2H3. The van der Waals surface area contributed by atoms with Crippen molar-refractivity contribution in [2.45, 2.75) is 19.4 Å².